The topological polar surface area (TPSA) is 66.8 Å². The van der Waals surface area contributed by atoms with Crippen molar-refractivity contribution in [1.82, 2.24) is 0 Å². The van der Waals surface area contributed by atoms with Gasteiger partial charge in [0.2, 0.25) is 0 Å². The fourth-order valence-corrected chi connectivity index (χ4v) is 1.70. The zero-order valence-electron chi connectivity index (χ0n) is 8.14. The first-order valence-corrected chi connectivity index (χ1v) is 4.82. The van der Waals surface area contributed by atoms with Gasteiger partial charge in [0.25, 0.3) is 0 Å². The van der Waals surface area contributed by atoms with Gasteiger partial charge in [-0.25, -0.2) is 0 Å². The van der Waals surface area contributed by atoms with E-state index >= 15 is 0 Å². The van der Waals surface area contributed by atoms with Gasteiger partial charge in [0.05, 0.1) is 19.1 Å². The second-order valence-electron chi connectivity index (χ2n) is 3.58. The number of carbonyl (C=O) groups is 1. The number of ether oxygens (including phenoxy) is 1. The van der Waals surface area contributed by atoms with Gasteiger partial charge in [-0.15, -0.1) is 0 Å². The van der Waals surface area contributed by atoms with Crippen LogP contribution in [0.3, 0.4) is 0 Å². The summed E-state index contributed by atoms with van der Waals surface area (Å²) in [6, 6.07) is 5.30. The summed E-state index contributed by atoms with van der Waals surface area (Å²) in [5.74, 6) is -0.166. The molecule has 0 saturated heterocycles. The molecule has 0 saturated carbocycles. The molecular formula is C11H12O4. The Morgan fingerprint density at radius 3 is 3.07 bits per heavy atom. The maximum atomic E-state index is 10.4. The van der Waals surface area contributed by atoms with Crippen molar-refractivity contribution >= 4 is 5.97 Å². The van der Waals surface area contributed by atoms with Gasteiger partial charge in [-0.2, -0.15) is 0 Å². The molecule has 80 valence electrons. The van der Waals surface area contributed by atoms with Gasteiger partial charge in [-0.05, 0) is 23.3 Å². The van der Waals surface area contributed by atoms with E-state index in [1.54, 1.807) is 12.1 Å². The minimum Gasteiger partial charge on any atom is -0.493 e. The van der Waals surface area contributed by atoms with Crippen molar-refractivity contribution in [3.05, 3.63) is 29.3 Å². The van der Waals surface area contributed by atoms with Crippen molar-refractivity contribution in [2.45, 2.75) is 18.9 Å². The highest BCUT2D eigenvalue weighted by Gasteiger charge is 2.17. The van der Waals surface area contributed by atoms with Crippen molar-refractivity contribution in [1.29, 1.82) is 0 Å². The second kappa shape index (κ2) is 3.90. The summed E-state index contributed by atoms with van der Waals surface area (Å²) in [7, 11) is 0. The summed E-state index contributed by atoms with van der Waals surface area (Å²) in [4.78, 5) is 10.4. The fraction of sp³-hybridized carbons (Fsp3) is 0.364. The molecule has 4 nitrogen and oxygen atoms in total. The normalized spacial score (nSPS) is 15.5. The van der Waals surface area contributed by atoms with Crippen LogP contribution in [0.1, 0.15) is 23.7 Å². The Bertz CT molecular complexity index is 386. The highest BCUT2D eigenvalue weighted by Crippen LogP contribution is 2.28. The van der Waals surface area contributed by atoms with Crippen LogP contribution < -0.4 is 4.74 Å². The molecule has 1 aliphatic rings. The molecule has 1 heterocycles. The van der Waals surface area contributed by atoms with Gasteiger partial charge < -0.3 is 14.9 Å². The maximum Gasteiger partial charge on any atom is 0.306 e. The minimum atomic E-state index is -1.00. The minimum absolute atomic E-state index is 0.264. The Labute approximate surface area is 87.1 Å². The predicted octanol–water partition coefficient (Wildman–Crippen LogP) is 1.13. The third-order valence-corrected chi connectivity index (χ3v) is 2.47. The Morgan fingerprint density at radius 2 is 2.33 bits per heavy atom. The number of aliphatic hydroxyl groups is 1. The largest absolute Gasteiger partial charge is 0.493 e. The number of aliphatic hydroxyl groups excluding tert-OH is 1. The molecule has 15 heavy (non-hydrogen) atoms. The zero-order valence-corrected chi connectivity index (χ0v) is 8.14. The zero-order chi connectivity index (χ0) is 10.8. The first kappa shape index (κ1) is 9.98. The number of carboxylic acids is 1. The molecular weight excluding hydrogens is 196 g/mol. The average Bonchev–Trinajstić information content (AvgIpc) is 2.62. The number of aliphatic carboxylic acids is 1. The summed E-state index contributed by atoms with van der Waals surface area (Å²) < 4.78 is 5.32. The van der Waals surface area contributed by atoms with Crippen LogP contribution in [0.5, 0.6) is 5.75 Å². The third kappa shape index (κ3) is 2.10. The fourth-order valence-electron chi connectivity index (χ4n) is 1.70. The van der Waals surface area contributed by atoms with E-state index in [4.69, 9.17) is 9.84 Å². The van der Waals surface area contributed by atoms with E-state index in [2.05, 4.69) is 0 Å². The van der Waals surface area contributed by atoms with E-state index in [0.29, 0.717) is 12.2 Å². The maximum absolute atomic E-state index is 10.4. The van der Waals surface area contributed by atoms with Crippen LogP contribution in [0.15, 0.2) is 18.2 Å². The lowest BCUT2D eigenvalue weighted by Gasteiger charge is -2.09. The Balaban J connectivity index is 2.19. The SMILES string of the molecule is O=C(O)C[C@@H](O)c1ccc2c(c1)CCO2. The van der Waals surface area contributed by atoms with E-state index in [1.165, 1.54) is 0 Å². The van der Waals surface area contributed by atoms with E-state index in [9.17, 15) is 9.90 Å². The van der Waals surface area contributed by atoms with Crippen LogP contribution in [0.4, 0.5) is 0 Å². The Morgan fingerprint density at radius 1 is 1.53 bits per heavy atom. The highest BCUT2D eigenvalue weighted by molar-refractivity contribution is 5.67. The molecule has 0 bridgehead atoms. The summed E-state index contributed by atoms with van der Waals surface area (Å²) >= 11 is 0. The molecule has 2 rings (SSSR count). The van der Waals surface area contributed by atoms with Crippen LogP contribution in [0.25, 0.3) is 0 Å². The number of benzene rings is 1. The Kier molecular flexibility index (Phi) is 2.60. The number of hydrogen-bond donors (Lipinski definition) is 2. The average molecular weight is 208 g/mol. The first-order valence-electron chi connectivity index (χ1n) is 4.82. The lowest BCUT2D eigenvalue weighted by Crippen LogP contribution is -2.05. The van der Waals surface area contributed by atoms with Crippen molar-refractivity contribution in [2.75, 3.05) is 6.61 Å². The van der Waals surface area contributed by atoms with Gasteiger partial charge in [-0.3, -0.25) is 4.79 Å². The third-order valence-electron chi connectivity index (χ3n) is 2.47. The molecule has 1 aromatic carbocycles. The van der Waals surface area contributed by atoms with Crippen molar-refractivity contribution in [3.8, 4) is 5.75 Å². The number of carboxylic acid groups (broad SMARTS) is 1. The summed E-state index contributed by atoms with van der Waals surface area (Å²) in [6.45, 7) is 0.661. The molecule has 1 aromatic rings. The Hall–Kier alpha value is -1.55. The predicted molar refractivity (Wildman–Crippen MR) is 52.9 cm³/mol. The molecule has 2 N–H and O–H groups in total. The molecule has 1 atom stereocenters. The molecule has 0 aromatic heterocycles. The monoisotopic (exact) mass is 208 g/mol. The molecule has 0 unspecified atom stereocenters. The number of hydrogen-bond acceptors (Lipinski definition) is 3. The number of fused-ring (bicyclic) bond motifs is 1. The van der Waals surface area contributed by atoms with Gasteiger partial charge in [0.15, 0.2) is 0 Å². The van der Waals surface area contributed by atoms with Crippen LogP contribution in [-0.4, -0.2) is 22.8 Å². The molecule has 1 aliphatic heterocycles. The van der Waals surface area contributed by atoms with Crippen molar-refractivity contribution in [2.24, 2.45) is 0 Å². The van der Waals surface area contributed by atoms with E-state index in [-0.39, 0.29) is 6.42 Å². The summed E-state index contributed by atoms with van der Waals surface area (Å²) in [6.07, 6.45) is -0.379. The van der Waals surface area contributed by atoms with E-state index in [0.717, 1.165) is 17.7 Å². The van der Waals surface area contributed by atoms with Gasteiger partial charge in [0.1, 0.15) is 5.75 Å². The molecule has 0 spiro atoms. The van der Waals surface area contributed by atoms with Crippen LogP contribution in [-0.2, 0) is 11.2 Å². The molecule has 0 aliphatic carbocycles. The highest BCUT2D eigenvalue weighted by atomic mass is 16.5. The lowest BCUT2D eigenvalue weighted by atomic mass is 10.0. The van der Waals surface area contributed by atoms with Crippen molar-refractivity contribution in [3.63, 3.8) is 0 Å². The van der Waals surface area contributed by atoms with E-state index < -0.39 is 12.1 Å². The second-order valence-corrected chi connectivity index (χ2v) is 3.58. The van der Waals surface area contributed by atoms with Crippen LogP contribution in [0, 0.1) is 0 Å². The summed E-state index contributed by atoms with van der Waals surface area (Å²) in [5, 5.41) is 18.2. The molecule has 4 heteroatoms. The van der Waals surface area contributed by atoms with Gasteiger partial charge in [-0.1, -0.05) is 6.07 Å². The first-order chi connectivity index (χ1) is 7.16. The van der Waals surface area contributed by atoms with E-state index in [1.807, 2.05) is 6.07 Å². The molecule has 0 amide bonds. The van der Waals surface area contributed by atoms with Crippen LogP contribution in [0.2, 0.25) is 0 Å². The molecule has 0 fully saturated rings. The molecule has 0 radical (unpaired) electrons. The quantitative estimate of drug-likeness (QED) is 0.781. The van der Waals surface area contributed by atoms with Gasteiger partial charge in [0, 0.05) is 6.42 Å². The smallest absolute Gasteiger partial charge is 0.306 e. The summed E-state index contributed by atoms with van der Waals surface area (Å²) in [5.41, 5.74) is 1.68. The number of rotatable bonds is 3. The standard InChI is InChI=1S/C11H12O4/c12-9(6-11(13)14)7-1-2-10-8(5-7)3-4-15-10/h1-2,5,9,12H,3-4,6H2,(H,13,14)/t9-/m1/s1. The van der Waals surface area contributed by atoms with Crippen LogP contribution >= 0.6 is 0 Å². The van der Waals surface area contributed by atoms with Gasteiger partial charge >= 0.3 is 5.97 Å². The lowest BCUT2D eigenvalue weighted by molar-refractivity contribution is -0.139. The van der Waals surface area contributed by atoms with Crippen molar-refractivity contribution < 1.29 is 19.7 Å².